The Morgan fingerprint density at radius 2 is 1.93 bits per heavy atom. The number of nitrogens with zero attached hydrogens (tertiary/aromatic N) is 1. The summed E-state index contributed by atoms with van der Waals surface area (Å²) in [5, 5.41) is 10.4. The molecule has 1 aromatic carbocycles. The molecule has 2 rings (SSSR count). The predicted octanol–water partition coefficient (Wildman–Crippen LogP) is 2.94. The van der Waals surface area contributed by atoms with Gasteiger partial charge in [0.25, 0.3) is 5.69 Å². The maximum Gasteiger partial charge on any atom is 0.269 e. The molecule has 1 aliphatic carbocycles. The number of benzene rings is 1. The fourth-order valence-corrected chi connectivity index (χ4v) is 1.45. The second kappa shape index (κ2) is 3.46. The van der Waals surface area contributed by atoms with Crippen molar-refractivity contribution in [2.24, 2.45) is 0 Å². The van der Waals surface area contributed by atoms with E-state index >= 15 is 0 Å². The van der Waals surface area contributed by atoms with E-state index in [-0.39, 0.29) is 10.6 Å². The number of non-ortho nitro benzene ring substituents is 1. The van der Waals surface area contributed by atoms with E-state index in [1.54, 1.807) is 12.1 Å². The quantitative estimate of drug-likeness (QED) is 0.527. The Balaban J connectivity index is 2.30. The molecule has 3 nitrogen and oxygen atoms in total. The summed E-state index contributed by atoms with van der Waals surface area (Å²) in [5.74, 6) is 0. The lowest BCUT2D eigenvalue weighted by atomic mass is 10.1. The van der Waals surface area contributed by atoms with Crippen molar-refractivity contribution < 1.29 is 4.92 Å². The minimum atomic E-state index is -0.386. The van der Waals surface area contributed by atoms with Crippen LogP contribution in [-0.4, -0.2) is 4.92 Å². The second-order valence-corrected chi connectivity index (χ2v) is 3.10. The van der Waals surface area contributed by atoms with Gasteiger partial charge < -0.3 is 0 Å². The average Bonchev–Trinajstić information content (AvgIpc) is 2.71. The molecule has 0 unspecified atom stereocenters. The number of hydrogen-bond acceptors (Lipinski definition) is 2. The van der Waals surface area contributed by atoms with Crippen LogP contribution in [0.15, 0.2) is 42.5 Å². The summed E-state index contributed by atoms with van der Waals surface area (Å²) < 4.78 is 0. The fourth-order valence-electron chi connectivity index (χ4n) is 1.45. The van der Waals surface area contributed by atoms with Crippen LogP contribution in [-0.2, 0) is 0 Å². The first-order valence-electron chi connectivity index (χ1n) is 4.39. The van der Waals surface area contributed by atoms with E-state index in [1.165, 1.54) is 12.1 Å². The zero-order chi connectivity index (χ0) is 9.97. The van der Waals surface area contributed by atoms with Crippen LogP contribution < -0.4 is 0 Å². The number of nitro groups is 1. The number of allylic oxidation sites excluding steroid dienone is 4. The summed E-state index contributed by atoms with van der Waals surface area (Å²) >= 11 is 0. The van der Waals surface area contributed by atoms with E-state index in [9.17, 15) is 10.1 Å². The zero-order valence-corrected chi connectivity index (χ0v) is 7.51. The molecule has 1 aliphatic rings. The van der Waals surface area contributed by atoms with Crippen LogP contribution in [0, 0.1) is 10.1 Å². The Morgan fingerprint density at radius 1 is 1.21 bits per heavy atom. The third-order valence-corrected chi connectivity index (χ3v) is 2.18. The fraction of sp³-hybridized carbons (Fsp3) is 0.0909. The first-order chi connectivity index (χ1) is 6.77. The highest BCUT2D eigenvalue weighted by Gasteiger charge is 2.06. The molecule has 0 N–H and O–H groups in total. The maximum atomic E-state index is 10.4. The lowest BCUT2D eigenvalue weighted by molar-refractivity contribution is -0.384. The predicted molar refractivity (Wildman–Crippen MR) is 54.8 cm³/mol. The van der Waals surface area contributed by atoms with Crippen LogP contribution in [0.1, 0.15) is 12.0 Å². The maximum absolute atomic E-state index is 10.4. The Labute approximate surface area is 81.5 Å². The van der Waals surface area contributed by atoms with Crippen molar-refractivity contribution in [3.63, 3.8) is 0 Å². The summed E-state index contributed by atoms with van der Waals surface area (Å²) in [5.41, 5.74) is 2.31. The van der Waals surface area contributed by atoms with Gasteiger partial charge in [-0.3, -0.25) is 10.1 Å². The van der Waals surface area contributed by atoms with E-state index in [1.807, 2.05) is 6.08 Å². The lowest BCUT2D eigenvalue weighted by Crippen LogP contribution is -1.87. The van der Waals surface area contributed by atoms with E-state index in [2.05, 4.69) is 12.2 Å². The summed E-state index contributed by atoms with van der Waals surface area (Å²) in [6.45, 7) is 0. The summed E-state index contributed by atoms with van der Waals surface area (Å²) in [6.07, 6.45) is 7.14. The second-order valence-electron chi connectivity index (χ2n) is 3.10. The summed E-state index contributed by atoms with van der Waals surface area (Å²) in [6, 6.07) is 6.62. The van der Waals surface area contributed by atoms with Gasteiger partial charge in [0.2, 0.25) is 0 Å². The van der Waals surface area contributed by atoms with E-state index in [4.69, 9.17) is 0 Å². The number of nitro benzene ring substituents is 1. The Morgan fingerprint density at radius 3 is 2.43 bits per heavy atom. The molecule has 0 spiro atoms. The molecule has 1 aromatic rings. The molecule has 0 saturated carbocycles. The van der Waals surface area contributed by atoms with Gasteiger partial charge in [-0.2, -0.15) is 0 Å². The van der Waals surface area contributed by atoms with Crippen molar-refractivity contribution in [1.82, 2.24) is 0 Å². The van der Waals surface area contributed by atoms with Gasteiger partial charge in [-0.1, -0.05) is 18.2 Å². The Kier molecular flexibility index (Phi) is 2.14. The van der Waals surface area contributed by atoms with Crippen LogP contribution in [0.4, 0.5) is 5.69 Å². The van der Waals surface area contributed by atoms with Crippen LogP contribution in [0.25, 0.3) is 5.57 Å². The normalized spacial score (nSPS) is 14.1. The molecule has 0 fully saturated rings. The topological polar surface area (TPSA) is 43.1 Å². The molecule has 0 saturated heterocycles. The van der Waals surface area contributed by atoms with Crippen LogP contribution in [0.5, 0.6) is 0 Å². The molecular formula is C11H9NO2. The van der Waals surface area contributed by atoms with Crippen LogP contribution in [0.3, 0.4) is 0 Å². The molecule has 0 heterocycles. The van der Waals surface area contributed by atoms with Gasteiger partial charge >= 0.3 is 0 Å². The minimum absolute atomic E-state index is 0.135. The Bertz CT molecular complexity index is 415. The van der Waals surface area contributed by atoms with E-state index in [0.717, 1.165) is 17.6 Å². The highest BCUT2D eigenvalue weighted by molar-refractivity contribution is 5.76. The van der Waals surface area contributed by atoms with Crippen molar-refractivity contribution in [3.8, 4) is 0 Å². The van der Waals surface area contributed by atoms with Gasteiger partial charge in [0, 0.05) is 12.1 Å². The molecule has 0 aromatic heterocycles. The first-order valence-corrected chi connectivity index (χ1v) is 4.39. The Hall–Kier alpha value is -1.90. The summed E-state index contributed by atoms with van der Waals surface area (Å²) in [4.78, 5) is 10.0. The number of hydrogen-bond donors (Lipinski definition) is 0. The zero-order valence-electron chi connectivity index (χ0n) is 7.51. The van der Waals surface area contributed by atoms with Gasteiger partial charge in [0.15, 0.2) is 0 Å². The van der Waals surface area contributed by atoms with Crippen LogP contribution >= 0.6 is 0 Å². The number of rotatable bonds is 2. The summed E-state index contributed by atoms with van der Waals surface area (Å²) in [7, 11) is 0. The van der Waals surface area contributed by atoms with Crippen LogP contribution in [0.2, 0.25) is 0 Å². The molecular weight excluding hydrogens is 178 g/mol. The molecule has 3 heteroatoms. The smallest absolute Gasteiger partial charge is 0.258 e. The molecule has 0 radical (unpaired) electrons. The molecule has 0 bridgehead atoms. The lowest BCUT2D eigenvalue weighted by Gasteiger charge is -1.98. The SMILES string of the molecule is O=[N+]([O-])c1ccc(C2=CCC=C2)cc1. The van der Waals surface area contributed by atoms with Gasteiger partial charge in [0.1, 0.15) is 0 Å². The van der Waals surface area contributed by atoms with Crippen molar-refractivity contribution in [2.75, 3.05) is 0 Å². The van der Waals surface area contributed by atoms with Crippen molar-refractivity contribution in [2.45, 2.75) is 6.42 Å². The van der Waals surface area contributed by atoms with Gasteiger partial charge in [-0.25, -0.2) is 0 Å². The molecule has 0 aliphatic heterocycles. The van der Waals surface area contributed by atoms with Gasteiger partial charge in [-0.05, 0) is 29.7 Å². The molecule has 0 atom stereocenters. The highest BCUT2D eigenvalue weighted by atomic mass is 16.6. The third-order valence-electron chi connectivity index (χ3n) is 2.18. The van der Waals surface area contributed by atoms with E-state index < -0.39 is 0 Å². The molecule has 0 amide bonds. The minimum Gasteiger partial charge on any atom is -0.258 e. The van der Waals surface area contributed by atoms with Crippen molar-refractivity contribution >= 4 is 11.3 Å². The third kappa shape index (κ3) is 1.57. The molecule has 14 heavy (non-hydrogen) atoms. The van der Waals surface area contributed by atoms with E-state index in [0.29, 0.717) is 0 Å². The highest BCUT2D eigenvalue weighted by Crippen LogP contribution is 2.23. The first kappa shape index (κ1) is 8.69. The largest absolute Gasteiger partial charge is 0.269 e. The van der Waals surface area contributed by atoms with Gasteiger partial charge in [-0.15, -0.1) is 0 Å². The van der Waals surface area contributed by atoms with Gasteiger partial charge in [0.05, 0.1) is 4.92 Å². The standard InChI is InChI=1S/C11H9NO2/c13-12(14)11-7-5-10(6-8-11)9-3-1-2-4-9/h1,3-8H,2H2. The molecule has 70 valence electrons. The monoisotopic (exact) mass is 187 g/mol. The average molecular weight is 187 g/mol. The van der Waals surface area contributed by atoms with Crippen molar-refractivity contribution in [1.29, 1.82) is 0 Å². The van der Waals surface area contributed by atoms with Crippen molar-refractivity contribution in [3.05, 3.63) is 58.2 Å².